The normalized spacial score (nSPS) is 22.6. The molecule has 3 heteroatoms. The van der Waals surface area contributed by atoms with Crippen molar-refractivity contribution in [1.29, 1.82) is 0 Å². The van der Waals surface area contributed by atoms with E-state index in [9.17, 15) is 9.59 Å². The van der Waals surface area contributed by atoms with Crippen molar-refractivity contribution in [2.75, 3.05) is 7.11 Å². The van der Waals surface area contributed by atoms with Gasteiger partial charge in [0.1, 0.15) is 5.78 Å². The summed E-state index contributed by atoms with van der Waals surface area (Å²) >= 11 is 0. The predicted octanol–water partition coefficient (Wildman–Crippen LogP) is 4.92. The summed E-state index contributed by atoms with van der Waals surface area (Å²) in [5.74, 6) is 1.10. The first-order valence-electron chi connectivity index (χ1n) is 9.58. The van der Waals surface area contributed by atoms with Gasteiger partial charge < -0.3 is 4.74 Å². The Kier molecular flexibility index (Phi) is 6.67. The molecule has 2 rings (SSSR count). The van der Waals surface area contributed by atoms with Gasteiger partial charge in [-0.25, -0.2) is 0 Å². The number of hydrogen-bond acceptors (Lipinski definition) is 3. The highest BCUT2D eigenvalue weighted by Crippen LogP contribution is 2.44. The smallest absolute Gasteiger partial charge is 0.311 e. The van der Waals surface area contributed by atoms with Gasteiger partial charge in [-0.1, -0.05) is 51.4 Å². The molecule has 2 saturated carbocycles. The third-order valence-corrected chi connectivity index (χ3v) is 6.34. The first kappa shape index (κ1) is 18.5. The maximum Gasteiger partial charge on any atom is 0.311 e. The molecule has 0 N–H and O–H groups in total. The lowest BCUT2D eigenvalue weighted by Gasteiger charge is -2.39. The van der Waals surface area contributed by atoms with Gasteiger partial charge in [0, 0.05) is 12.3 Å². The van der Waals surface area contributed by atoms with E-state index in [-0.39, 0.29) is 17.8 Å². The second-order valence-electron chi connectivity index (χ2n) is 8.22. The van der Waals surface area contributed by atoms with Crippen LogP contribution in [0.2, 0.25) is 0 Å². The van der Waals surface area contributed by atoms with Crippen LogP contribution < -0.4 is 0 Å². The summed E-state index contributed by atoms with van der Waals surface area (Å²) in [7, 11) is 1.46. The number of Topliss-reactive ketones (excluding diaryl/α,β-unsaturated/α-hetero) is 1. The number of carbonyl (C=O) groups is 2. The van der Waals surface area contributed by atoms with E-state index >= 15 is 0 Å². The summed E-state index contributed by atoms with van der Waals surface area (Å²) < 4.78 is 5.06. The second kappa shape index (κ2) is 8.30. The maximum absolute atomic E-state index is 12.9. The van der Waals surface area contributed by atoms with Crippen LogP contribution >= 0.6 is 0 Å². The first-order chi connectivity index (χ1) is 11.0. The quantitative estimate of drug-likeness (QED) is 0.652. The number of esters is 1. The van der Waals surface area contributed by atoms with Crippen LogP contribution in [0.1, 0.15) is 84.5 Å². The Morgan fingerprint density at radius 2 is 1.48 bits per heavy atom. The average Bonchev–Trinajstić information content (AvgIpc) is 2.60. The minimum atomic E-state index is -0.568. The van der Waals surface area contributed by atoms with Gasteiger partial charge in [-0.05, 0) is 38.5 Å². The molecule has 0 bridgehead atoms. The molecule has 2 aliphatic rings. The van der Waals surface area contributed by atoms with Crippen molar-refractivity contribution >= 4 is 11.8 Å². The SMILES string of the molecule is COC(=O)C(C)(C)C(CC(=O)C1CCCCC1)C1CCCCC1. The van der Waals surface area contributed by atoms with E-state index in [1.807, 2.05) is 13.8 Å². The molecule has 0 aliphatic heterocycles. The fraction of sp³-hybridized carbons (Fsp3) is 0.900. The van der Waals surface area contributed by atoms with Gasteiger partial charge >= 0.3 is 5.97 Å². The Bertz CT molecular complexity index is 401. The van der Waals surface area contributed by atoms with E-state index in [0.717, 1.165) is 25.7 Å². The lowest BCUT2D eigenvalue weighted by molar-refractivity contribution is -0.156. The van der Waals surface area contributed by atoms with Crippen LogP contribution in [0, 0.1) is 23.2 Å². The van der Waals surface area contributed by atoms with Crippen LogP contribution in [-0.2, 0) is 14.3 Å². The topological polar surface area (TPSA) is 43.4 Å². The molecule has 0 aromatic carbocycles. The van der Waals surface area contributed by atoms with E-state index in [4.69, 9.17) is 4.74 Å². The fourth-order valence-corrected chi connectivity index (χ4v) is 4.77. The van der Waals surface area contributed by atoms with Gasteiger partial charge in [-0.2, -0.15) is 0 Å². The number of carbonyl (C=O) groups excluding carboxylic acids is 2. The van der Waals surface area contributed by atoms with Crippen molar-refractivity contribution in [3.05, 3.63) is 0 Å². The van der Waals surface area contributed by atoms with E-state index in [1.54, 1.807) is 0 Å². The molecule has 132 valence electrons. The van der Waals surface area contributed by atoms with Crippen LogP contribution in [-0.4, -0.2) is 18.9 Å². The standard InChI is InChI=1S/C20H34O3/c1-20(2,19(22)23-3)17(15-10-6-4-7-11-15)14-18(21)16-12-8-5-9-13-16/h15-17H,4-14H2,1-3H3. The van der Waals surface area contributed by atoms with Crippen LogP contribution in [0.3, 0.4) is 0 Å². The zero-order valence-corrected chi connectivity index (χ0v) is 15.2. The molecule has 2 fully saturated rings. The Hall–Kier alpha value is -0.860. The molecule has 1 atom stereocenters. The van der Waals surface area contributed by atoms with E-state index in [2.05, 4.69) is 0 Å². The van der Waals surface area contributed by atoms with Crippen molar-refractivity contribution in [1.82, 2.24) is 0 Å². The molecular formula is C20H34O3. The molecule has 0 radical (unpaired) electrons. The maximum atomic E-state index is 12.9. The summed E-state index contributed by atoms with van der Waals surface area (Å²) in [6, 6.07) is 0. The van der Waals surface area contributed by atoms with E-state index in [0.29, 0.717) is 18.1 Å². The summed E-state index contributed by atoms with van der Waals surface area (Å²) in [5, 5.41) is 0. The highest BCUT2D eigenvalue weighted by atomic mass is 16.5. The van der Waals surface area contributed by atoms with Gasteiger partial charge in [-0.15, -0.1) is 0 Å². The molecule has 23 heavy (non-hydrogen) atoms. The first-order valence-corrected chi connectivity index (χ1v) is 9.58. The molecule has 2 aliphatic carbocycles. The largest absolute Gasteiger partial charge is 0.469 e. The Balaban J connectivity index is 2.11. The summed E-state index contributed by atoms with van der Waals surface area (Å²) in [6.45, 7) is 3.96. The van der Waals surface area contributed by atoms with E-state index < -0.39 is 5.41 Å². The number of hydrogen-bond donors (Lipinski definition) is 0. The van der Waals surface area contributed by atoms with E-state index in [1.165, 1.54) is 45.6 Å². The zero-order valence-electron chi connectivity index (χ0n) is 15.2. The van der Waals surface area contributed by atoms with Crippen LogP contribution in [0.5, 0.6) is 0 Å². The Morgan fingerprint density at radius 1 is 0.957 bits per heavy atom. The third kappa shape index (κ3) is 4.58. The average molecular weight is 322 g/mol. The number of ether oxygens (including phenoxy) is 1. The highest BCUT2D eigenvalue weighted by molar-refractivity contribution is 5.83. The number of methoxy groups -OCH3 is 1. The molecule has 3 nitrogen and oxygen atoms in total. The van der Waals surface area contributed by atoms with Gasteiger partial charge in [0.25, 0.3) is 0 Å². The minimum absolute atomic E-state index is 0.129. The monoisotopic (exact) mass is 322 g/mol. The van der Waals surface area contributed by atoms with Gasteiger partial charge in [0.2, 0.25) is 0 Å². The van der Waals surface area contributed by atoms with Gasteiger partial charge in [0.15, 0.2) is 0 Å². The molecule has 0 spiro atoms. The number of ketones is 1. The summed E-state index contributed by atoms with van der Waals surface area (Å²) in [6.07, 6.45) is 12.4. The van der Waals surface area contributed by atoms with Gasteiger partial charge in [0.05, 0.1) is 12.5 Å². The van der Waals surface area contributed by atoms with Crippen LogP contribution in [0.15, 0.2) is 0 Å². The second-order valence-corrected chi connectivity index (χ2v) is 8.22. The van der Waals surface area contributed by atoms with Crippen molar-refractivity contribution in [2.24, 2.45) is 23.2 Å². The molecular weight excluding hydrogens is 288 g/mol. The van der Waals surface area contributed by atoms with Crippen molar-refractivity contribution < 1.29 is 14.3 Å². The van der Waals surface area contributed by atoms with Gasteiger partial charge in [-0.3, -0.25) is 9.59 Å². The molecule has 0 heterocycles. The Labute approximate surface area is 141 Å². The third-order valence-electron chi connectivity index (χ3n) is 6.34. The zero-order chi connectivity index (χ0) is 16.9. The highest BCUT2D eigenvalue weighted by Gasteiger charge is 2.43. The van der Waals surface area contributed by atoms with Crippen LogP contribution in [0.4, 0.5) is 0 Å². The lowest BCUT2D eigenvalue weighted by atomic mass is 9.64. The molecule has 1 unspecified atom stereocenters. The number of rotatable bonds is 6. The Morgan fingerprint density at radius 3 is 2.00 bits per heavy atom. The molecule has 0 aromatic heterocycles. The minimum Gasteiger partial charge on any atom is -0.469 e. The molecule has 0 aromatic rings. The van der Waals surface area contributed by atoms with Crippen molar-refractivity contribution in [2.45, 2.75) is 84.5 Å². The lowest BCUT2D eigenvalue weighted by Crippen LogP contribution is -2.41. The summed E-state index contributed by atoms with van der Waals surface area (Å²) in [4.78, 5) is 25.2. The van der Waals surface area contributed by atoms with Crippen molar-refractivity contribution in [3.63, 3.8) is 0 Å². The predicted molar refractivity (Wildman–Crippen MR) is 92.1 cm³/mol. The summed E-state index contributed by atoms with van der Waals surface area (Å²) in [5.41, 5.74) is -0.568. The van der Waals surface area contributed by atoms with Crippen LogP contribution in [0.25, 0.3) is 0 Å². The fourth-order valence-electron chi connectivity index (χ4n) is 4.77. The van der Waals surface area contributed by atoms with Crippen molar-refractivity contribution in [3.8, 4) is 0 Å². The molecule has 0 saturated heterocycles. The molecule has 0 amide bonds.